The molecule has 0 saturated heterocycles. The first-order valence-corrected chi connectivity index (χ1v) is 10.4. The Bertz CT molecular complexity index is 1470. The Balaban J connectivity index is 1.57. The highest BCUT2D eigenvalue weighted by Crippen LogP contribution is 2.21. The molecule has 0 fully saturated rings. The van der Waals surface area contributed by atoms with Crippen molar-refractivity contribution in [2.45, 2.75) is 27.7 Å². The SMILES string of the molecule is Cc1ccc([N+]2=CC(C=c3sc4nc5cc(C)c(C)cc5n4c3=O)C=N2)cc1C. The number of hydrogen-bond donors (Lipinski definition) is 0. The van der Waals surface area contributed by atoms with E-state index in [2.05, 4.69) is 56.0 Å². The molecule has 1 unspecified atom stereocenters. The van der Waals surface area contributed by atoms with Gasteiger partial charge in [-0.2, -0.15) is 0 Å². The van der Waals surface area contributed by atoms with E-state index in [1.165, 1.54) is 28.0 Å². The molecular weight excluding hydrogens is 380 g/mol. The Labute approximate surface area is 172 Å². The third kappa shape index (κ3) is 2.91. The van der Waals surface area contributed by atoms with Gasteiger partial charge in [0.2, 0.25) is 5.69 Å². The van der Waals surface area contributed by atoms with E-state index in [0.717, 1.165) is 27.2 Å². The Hall–Kier alpha value is -3.12. The average Bonchev–Trinajstić information content (AvgIpc) is 3.35. The minimum absolute atomic E-state index is 0.0119. The first-order valence-electron chi connectivity index (χ1n) is 9.60. The molecule has 3 heterocycles. The molecule has 5 rings (SSSR count). The third-order valence-corrected chi connectivity index (χ3v) is 6.62. The molecular formula is C23H21N4OS+. The van der Waals surface area contributed by atoms with Gasteiger partial charge in [-0.15, -0.1) is 0 Å². The van der Waals surface area contributed by atoms with Crippen molar-refractivity contribution in [3.8, 4) is 0 Å². The predicted octanol–water partition coefficient (Wildman–Crippen LogP) is 3.67. The van der Waals surface area contributed by atoms with Crippen LogP contribution in [-0.4, -0.2) is 26.5 Å². The van der Waals surface area contributed by atoms with E-state index in [9.17, 15) is 4.79 Å². The molecule has 0 spiro atoms. The van der Waals surface area contributed by atoms with E-state index >= 15 is 0 Å². The van der Waals surface area contributed by atoms with Crippen molar-refractivity contribution in [2.75, 3.05) is 0 Å². The summed E-state index contributed by atoms with van der Waals surface area (Å²) in [7, 11) is 0. The second-order valence-corrected chi connectivity index (χ2v) is 8.71. The van der Waals surface area contributed by atoms with Crippen LogP contribution in [0.1, 0.15) is 22.3 Å². The fourth-order valence-electron chi connectivity index (χ4n) is 3.60. The standard InChI is InChI=1S/C23H21N4OS/c1-13-5-6-18(7-14(13)2)26-12-17(11-24-26)10-21-22(28)27-20-9-16(4)15(3)8-19(20)25-23(27)29-21/h5-12,17H,1-4H3/q+1. The molecule has 5 nitrogen and oxygen atoms in total. The number of rotatable bonds is 2. The maximum Gasteiger partial charge on any atom is 0.274 e. The largest absolute Gasteiger partial charge is 0.274 e. The zero-order chi connectivity index (χ0) is 20.3. The normalized spacial score (nSPS) is 17.0. The van der Waals surface area contributed by atoms with Gasteiger partial charge >= 0.3 is 0 Å². The zero-order valence-electron chi connectivity index (χ0n) is 16.8. The lowest BCUT2D eigenvalue weighted by molar-refractivity contribution is -0.437. The number of imidazole rings is 1. The molecule has 2 aromatic carbocycles. The smallest absolute Gasteiger partial charge is 0.267 e. The molecule has 144 valence electrons. The van der Waals surface area contributed by atoms with Crippen LogP contribution in [0.3, 0.4) is 0 Å². The zero-order valence-corrected chi connectivity index (χ0v) is 17.6. The van der Waals surface area contributed by atoms with E-state index in [0.29, 0.717) is 4.53 Å². The molecule has 0 bridgehead atoms. The topological polar surface area (TPSA) is 49.7 Å². The molecule has 6 heteroatoms. The average molecular weight is 402 g/mol. The van der Waals surface area contributed by atoms with Crippen molar-refractivity contribution in [3.63, 3.8) is 0 Å². The number of aryl methyl sites for hydroxylation is 4. The molecule has 2 aromatic heterocycles. The van der Waals surface area contributed by atoms with E-state index in [-0.39, 0.29) is 11.5 Å². The van der Waals surface area contributed by atoms with E-state index in [4.69, 9.17) is 0 Å². The first kappa shape index (κ1) is 17.9. The minimum atomic E-state index is -0.0251. The maximum atomic E-state index is 13.1. The van der Waals surface area contributed by atoms with Gasteiger partial charge in [0.25, 0.3) is 5.56 Å². The van der Waals surface area contributed by atoms with Crippen molar-refractivity contribution in [1.82, 2.24) is 9.38 Å². The van der Waals surface area contributed by atoms with Gasteiger partial charge in [0.05, 0.1) is 21.8 Å². The minimum Gasteiger partial charge on any atom is -0.267 e. The molecule has 4 aromatic rings. The Morgan fingerprint density at radius 2 is 1.79 bits per heavy atom. The van der Waals surface area contributed by atoms with Crippen LogP contribution in [0.25, 0.3) is 22.1 Å². The molecule has 29 heavy (non-hydrogen) atoms. The van der Waals surface area contributed by atoms with E-state index < -0.39 is 0 Å². The summed E-state index contributed by atoms with van der Waals surface area (Å²) in [5.74, 6) is -0.0251. The Morgan fingerprint density at radius 3 is 2.59 bits per heavy atom. The lowest BCUT2D eigenvalue weighted by Crippen LogP contribution is -2.24. The highest BCUT2D eigenvalue weighted by Gasteiger charge is 2.20. The molecule has 0 N–H and O–H groups in total. The second-order valence-electron chi connectivity index (χ2n) is 7.70. The van der Waals surface area contributed by atoms with Crippen LogP contribution in [0.2, 0.25) is 0 Å². The Morgan fingerprint density at radius 1 is 1.03 bits per heavy atom. The van der Waals surface area contributed by atoms with Gasteiger partial charge < -0.3 is 0 Å². The number of benzene rings is 2. The van der Waals surface area contributed by atoms with Crippen molar-refractivity contribution in [3.05, 3.63) is 67.5 Å². The number of hydrazone groups is 1. The molecule has 0 aliphatic carbocycles. The van der Waals surface area contributed by atoms with Crippen LogP contribution in [0.5, 0.6) is 0 Å². The van der Waals surface area contributed by atoms with Crippen LogP contribution < -0.4 is 10.1 Å². The Kier molecular flexibility index (Phi) is 3.99. The molecule has 1 aliphatic rings. The van der Waals surface area contributed by atoms with Crippen molar-refractivity contribution >= 4 is 51.5 Å². The molecule has 0 saturated carbocycles. The number of hydrogen-bond acceptors (Lipinski definition) is 4. The van der Waals surface area contributed by atoms with E-state index in [1.54, 1.807) is 4.40 Å². The molecule has 0 amide bonds. The highest BCUT2D eigenvalue weighted by atomic mass is 32.1. The van der Waals surface area contributed by atoms with Crippen LogP contribution >= 0.6 is 11.3 Å². The van der Waals surface area contributed by atoms with Crippen molar-refractivity contribution < 1.29 is 4.68 Å². The van der Waals surface area contributed by atoms with E-state index in [1.807, 2.05) is 35.3 Å². The van der Waals surface area contributed by atoms with Gasteiger partial charge in [-0.3, -0.25) is 4.79 Å². The second kappa shape index (κ2) is 6.46. The highest BCUT2D eigenvalue weighted by molar-refractivity contribution is 7.15. The number of nitrogens with zero attached hydrogens (tertiary/aromatic N) is 4. The van der Waals surface area contributed by atoms with Gasteiger partial charge in [0.1, 0.15) is 5.92 Å². The summed E-state index contributed by atoms with van der Waals surface area (Å²) in [5.41, 5.74) is 7.61. The predicted molar refractivity (Wildman–Crippen MR) is 120 cm³/mol. The van der Waals surface area contributed by atoms with Crippen LogP contribution in [0, 0.1) is 33.6 Å². The monoisotopic (exact) mass is 401 g/mol. The van der Waals surface area contributed by atoms with Gasteiger partial charge in [0, 0.05) is 12.1 Å². The first-order chi connectivity index (χ1) is 13.9. The van der Waals surface area contributed by atoms with Gasteiger partial charge in [-0.05, 0) is 73.3 Å². The molecule has 0 radical (unpaired) electrons. The molecule has 1 aliphatic heterocycles. The van der Waals surface area contributed by atoms with Crippen molar-refractivity contribution in [1.29, 1.82) is 0 Å². The maximum absolute atomic E-state index is 13.1. The lowest BCUT2D eigenvalue weighted by Gasteiger charge is -1.98. The van der Waals surface area contributed by atoms with Gasteiger partial charge in [-0.25, -0.2) is 9.38 Å². The van der Waals surface area contributed by atoms with Crippen LogP contribution in [0.4, 0.5) is 5.69 Å². The fraction of sp³-hybridized carbons (Fsp3) is 0.217. The number of aromatic nitrogens is 2. The summed E-state index contributed by atoms with van der Waals surface area (Å²) in [6.45, 7) is 8.32. The molecule has 1 atom stereocenters. The summed E-state index contributed by atoms with van der Waals surface area (Å²) in [5, 5.41) is 4.50. The summed E-state index contributed by atoms with van der Waals surface area (Å²) in [4.78, 5) is 18.5. The summed E-state index contributed by atoms with van der Waals surface area (Å²) in [6, 6.07) is 10.4. The summed E-state index contributed by atoms with van der Waals surface area (Å²) in [6.07, 6.45) is 5.86. The number of thiazole rings is 1. The fourth-order valence-corrected chi connectivity index (χ4v) is 4.62. The quantitative estimate of drug-likeness (QED) is 0.481. The van der Waals surface area contributed by atoms with Gasteiger partial charge in [-0.1, -0.05) is 22.1 Å². The van der Waals surface area contributed by atoms with Crippen LogP contribution in [-0.2, 0) is 0 Å². The third-order valence-electron chi connectivity index (χ3n) is 5.63. The van der Waals surface area contributed by atoms with Crippen molar-refractivity contribution in [2.24, 2.45) is 11.0 Å². The lowest BCUT2D eigenvalue weighted by atomic mass is 10.1. The summed E-state index contributed by atoms with van der Waals surface area (Å²) < 4.78 is 4.30. The van der Waals surface area contributed by atoms with Gasteiger partial charge in [0.15, 0.2) is 11.2 Å². The summed E-state index contributed by atoms with van der Waals surface area (Å²) >= 11 is 1.43. The van der Waals surface area contributed by atoms with Crippen LogP contribution in [0.15, 0.2) is 40.2 Å². The number of fused-ring (bicyclic) bond motifs is 3.